The normalized spacial score (nSPS) is 14.2. The number of carbonyl (C=O) groups excluding carboxylic acids is 4. The fraction of sp³-hybridized carbons (Fsp3) is 0.667. The fourth-order valence-electron chi connectivity index (χ4n) is 3.50. The summed E-state index contributed by atoms with van der Waals surface area (Å²) in [4.78, 5) is 49.4. The molecule has 1 rings (SSSR count). The van der Waals surface area contributed by atoms with Crippen molar-refractivity contribution in [2.75, 3.05) is 6.61 Å². The van der Waals surface area contributed by atoms with Gasteiger partial charge in [-0.15, -0.1) is 0 Å². The van der Waals surface area contributed by atoms with Gasteiger partial charge in [-0.25, -0.2) is 9.59 Å². The molecule has 0 saturated heterocycles. The van der Waals surface area contributed by atoms with E-state index in [-0.39, 0.29) is 42.7 Å². The van der Waals surface area contributed by atoms with Gasteiger partial charge in [-0.2, -0.15) is 0 Å². The molecule has 0 aliphatic rings. The number of nitrogens with two attached hydrogens (primary N) is 1. The summed E-state index contributed by atoms with van der Waals surface area (Å²) in [6.07, 6.45) is 0.252. The molecule has 0 spiro atoms. The van der Waals surface area contributed by atoms with Crippen LogP contribution in [-0.4, -0.2) is 55.2 Å². The number of ether oxygens (including phenoxy) is 6. The Morgan fingerprint density at radius 1 is 0.805 bits per heavy atom. The van der Waals surface area contributed by atoms with E-state index in [2.05, 4.69) is 0 Å². The van der Waals surface area contributed by atoms with E-state index in [0.717, 1.165) is 12.8 Å². The summed E-state index contributed by atoms with van der Waals surface area (Å²) < 4.78 is 31.7. The lowest BCUT2D eigenvalue weighted by Crippen LogP contribution is -2.37. The molecule has 11 heteroatoms. The summed E-state index contributed by atoms with van der Waals surface area (Å²) in [5.41, 5.74) is 5.92. The summed E-state index contributed by atoms with van der Waals surface area (Å²) in [5, 5.41) is 0. The first-order chi connectivity index (χ1) is 19.2. The molecular formula is C30H47NO10. The highest BCUT2D eigenvalue weighted by atomic mass is 16.7. The molecule has 0 saturated carbocycles. The summed E-state index contributed by atoms with van der Waals surface area (Å²) in [5.74, 6) is -1.25. The first kappa shape index (κ1) is 35.7. The van der Waals surface area contributed by atoms with E-state index >= 15 is 0 Å². The van der Waals surface area contributed by atoms with Crippen LogP contribution >= 0.6 is 0 Å². The second kappa shape index (κ2) is 17.5. The van der Waals surface area contributed by atoms with Crippen LogP contribution in [0.4, 0.5) is 9.59 Å². The zero-order chi connectivity index (χ0) is 31.2. The summed E-state index contributed by atoms with van der Waals surface area (Å²) in [6, 6.07) is 3.34. The van der Waals surface area contributed by atoms with Gasteiger partial charge in [-0.1, -0.05) is 39.7 Å². The minimum atomic E-state index is -1.07. The van der Waals surface area contributed by atoms with Crippen LogP contribution in [0.2, 0.25) is 0 Å². The molecule has 0 aliphatic carbocycles. The van der Waals surface area contributed by atoms with Gasteiger partial charge in [0.05, 0.1) is 5.41 Å². The zero-order valence-corrected chi connectivity index (χ0v) is 25.7. The predicted molar refractivity (Wildman–Crippen MR) is 152 cm³/mol. The van der Waals surface area contributed by atoms with E-state index in [1.165, 1.54) is 12.1 Å². The smallest absolute Gasteiger partial charge is 0.461 e. The minimum Gasteiger partial charge on any atom is -0.461 e. The van der Waals surface area contributed by atoms with Crippen LogP contribution in [0.3, 0.4) is 0 Å². The van der Waals surface area contributed by atoms with Crippen LogP contribution in [0.5, 0.6) is 11.5 Å². The van der Waals surface area contributed by atoms with Gasteiger partial charge in [0, 0.05) is 0 Å². The third kappa shape index (κ3) is 13.2. The summed E-state index contributed by atoms with van der Waals surface area (Å²) in [7, 11) is 0. The maximum absolute atomic E-state index is 12.5. The minimum absolute atomic E-state index is 0.0196. The van der Waals surface area contributed by atoms with Crippen molar-refractivity contribution in [3.05, 3.63) is 23.8 Å². The fourth-order valence-corrected chi connectivity index (χ4v) is 3.50. The summed E-state index contributed by atoms with van der Waals surface area (Å²) >= 11 is 0. The first-order valence-electron chi connectivity index (χ1n) is 14.2. The van der Waals surface area contributed by atoms with E-state index in [0.29, 0.717) is 24.8 Å². The molecule has 0 heterocycles. The lowest BCUT2D eigenvalue weighted by Gasteiger charge is -2.23. The van der Waals surface area contributed by atoms with Crippen molar-refractivity contribution in [3.63, 3.8) is 0 Å². The molecule has 2 unspecified atom stereocenters. The van der Waals surface area contributed by atoms with Crippen LogP contribution in [0.25, 0.3) is 0 Å². The van der Waals surface area contributed by atoms with E-state index in [1.807, 2.05) is 20.8 Å². The first-order valence-corrected chi connectivity index (χ1v) is 14.2. The maximum atomic E-state index is 12.5. The quantitative estimate of drug-likeness (QED) is 0.142. The molecule has 0 radical (unpaired) electrons. The van der Waals surface area contributed by atoms with E-state index in [4.69, 9.17) is 34.2 Å². The Morgan fingerprint density at radius 3 is 1.85 bits per heavy atom. The Kier molecular flexibility index (Phi) is 15.2. The highest BCUT2D eigenvalue weighted by molar-refractivity contribution is 5.77. The second-order valence-electron chi connectivity index (χ2n) is 10.8. The largest absolute Gasteiger partial charge is 0.514 e. The molecule has 0 fully saturated rings. The van der Waals surface area contributed by atoms with Crippen LogP contribution < -0.4 is 15.2 Å². The topological polar surface area (TPSA) is 150 Å². The van der Waals surface area contributed by atoms with Crippen molar-refractivity contribution in [3.8, 4) is 11.5 Å². The van der Waals surface area contributed by atoms with Gasteiger partial charge in [-0.3, -0.25) is 9.59 Å². The molecule has 1 aromatic carbocycles. The van der Waals surface area contributed by atoms with Crippen molar-refractivity contribution < 1.29 is 47.6 Å². The van der Waals surface area contributed by atoms with Gasteiger partial charge < -0.3 is 34.2 Å². The van der Waals surface area contributed by atoms with Gasteiger partial charge in [-0.05, 0) is 78.0 Å². The van der Waals surface area contributed by atoms with Gasteiger partial charge in [0.25, 0.3) is 0 Å². The van der Waals surface area contributed by atoms with Crippen LogP contribution in [0, 0.1) is 5.41 Å². The average Bonchev–Trinajstić information content (AvgIpc) is 2.88. The molecule has 0 aromatic heterocycles. The number of esters is 2. The van der Waals surface area contributed by atoms with E-state index in [9.17, 15) is 19.2 Å². The lowest BCUT2D eigenvalue weighted by molar-refractivity contribution is -0.166. The molecule has 41 heavy (non-hydrogen) atoms. The predicted octanol–water partition coefficient (Wildman–Crippen LogP) is 5.88. The SMILES string of the molecule is CCCC(C)OC(=O)Oc1ccc(C[C@H](N)C(=O)OC[C@H](C)OC(=O)C(C)(C)CC)cc1OC(=O)OC(C)CCC. The Balaban J connectivity index is 2.93. The highest BCUT2D eigenvalue weighted by Crippen LogP contribution is 2.30. The lowest BCUT2D eigenvalue weighted by atomic mass is 9.91. The van der Waals surface area contributed by atoms with Crippen LogP contribution in [-0.2, 0) is 35.0 Å². The van der Waals surface area contributed by atoms with Crippen molar-refractivity contribution >= 4 is 24.2 Å². The number of benzene rings is 1. The van der Waals surface area contributed by atoms with Crippen molar-refractivity contribution in [2.45, 2.75) is 118 Å². The molecule has 11 nitrogen and oxygen atoms in total. The molecule has 0 aliphatic heterocycles. The van der Waals surface area contributed by atoms with Gasteiger partial charge in [0.1, 0.15) is 31.0 Å². The van der Waals surface area contributed by atoms with Crippen molar-refractivity contribution in [2.24, 2.45) is 11.1 Å². The molecule has 232 valence electrons. The summed E-state index contributed by atoms with van der Waals surface area (Å²) in [6.45, 7) is 14.3. The Labute approximate surface area is 243 Å². The Morgan fingerprint density at radius 2 is 1.34 bits per heavy atom. The van der Waals surface area contributed by atoms with E-state index < -0.39 is 35.8 Å². The maximum Gasteiger partial charge on any atom is 0.514 e. The van der Waals surface area contributed by atoms with Crippen LogP contribution in [0.1, 0.15) is 93.1 Å². The average molecular weight is 582 g/mol. The van der Waals surface area contributed by atoms with Gasteiger partial charge in [0.2, 0.25) is 0 Å². The monoisotopic (exact) mass is 581 g/mol. The van der Waals surface area contributed by atoms with Gasteiger partial charge in [0.15, 0.2) is 11.5 Å². The number of rotatable bonds is 16. The standard InChI is InChI=1S/C30H47NO10/c1-9-12-19(4)38-28(34)40-24-15-14-22(17-25(24)41-29(35)39-20(5)13-10-2)16-23(31)26(32)36-18-21(6)37-27(33)30(7,8)11-3/h14-15,17,19-21,23H,9-13,16,18,31H2,1-8H3/t19?,20?,21-,23-/m0/s1. The molecule has 1 aromatic rings. The van der Waals surface area contributed by atoms with Crippen LogP contribution in [0.15, 0.2) is 18.2 Å². The zero-order valence-electron chi connectivity index (χ0n) is 25.7. The Hall–Kier alpha value is -3.34. The molecule has 2 N–H and O–H groups in total. The molecular weight excluding hydrogens is 534 g/mol. The number of carbonyl (C=O) groups is 4. The third-order valence-electron chi connectivity index (χ3n) is 6.34. The Bertz CT molecular complexity index is 1010. The molecule has 0 bridgehead atoms. The second-order valence-corrected chi connectivity index (χ2v) is 10.8. The molecule has 4 atom stereocenters. The van der Waals surface area contributed by atoms with Crippen molar-refractivity contribution in [1.82, 2.24) is 0 Å². The highest BCUT2D eigenvalue weighted by Gasteiger charge is 2.29. The van der Waals surface area contributed by atoms with E-state index in [1.54, 1.807) is 40.7 Å². The van der Waals surface area contributed by atoms with Gasteiger partial charge >= 0.3 is 24.2 Å². The number of hydrogen-bond donors (Lipinski definition) is 1. The third-order valence-corrected chi connectivity index (χ3v) is 6.34. The van der Waals surface area contributed by atoms with Crippen molar-refractivity contribution in [1.29, 1.82) is 0 Å². The number of hydrogen-bond acceptors (Lipinski definition) is 11. The molecule has 0 amide bonds.